The van der Waals surface area contributed by atoms with Crippen molar-refractivity contribution < 1.29 is 14.3 Å². The van der Waals surface area contributed by atoms with Gasteiger partial charge in [0, 0.05) is 23.0 Å². The van der Waals surface area contributed by atoms with Gasteiger partial charge in [0.25, 0.3) is 5.91 Å². The summed E-state index contributed by atoms with van der Waals surface area (Å²) in [5, 5.41) is 8.70. The van der Waals surface area contributed by atoms with Gasteiger partial charge in [-0.1, -0.05) is 6.92 Å². The number of rotatable bonds is 9. The average molecular weight is 369 g/mol. The van der Waals surface area contributed by atoms with Gasteiger partial charge in [-0.3, -0.25) is 9.59 Å². The first kappa shape index (κ1) is 20.3. The minimum atomic E-state index is -0.166. The molecule has 0 spiro atoms. The summed E-state index contributed by atoms with van der Waals surface area (Å²) in [5.41, 5.74) is 2.05. The first-order chi connectivity index (χ1) is 13.0. The van der Waals surface area contributed by atoms with Crippen LogP contribution in [0.2, 0.25) is 0 Å². The first-order valence-electron chi connectivity index (χ1n) is 9.15. The monoisotopic (exact) mass is 369 g/mol. The lowest BCUT2D eigenvalue weighted by molar-refractivity contribution is -0.114. The average Bonchev–Trinajstić information content (AvgIpc) is 2.65. The predicted octanol–water partition coefficient (Wildman–Crippen LogP) is 3.66. The molecule has 0 aromatic heterocycles. The van der Waals surface area contributed by atoms with Crippen molar-refractivity contribution in [3.8, 4) is 5.75 Å². The van der Waals surface area contributed by atoms with E-state index in [1.807, 2.05) is 38.1 Å². The van der Waals surface area contributed by atoms with Gasteiger partial charge in [-0.05, 0) is 68.8 Å². The topological polar surface area (TPSA) is 79.5 Å². The molecule has 0 saturated carbocycles. The Labute approximate surface area is 160 Å². The Morgan fingerprint density at radius 3 is 2.19 bits per heavy atom. The lowest BCUT2D eigenvalue weighted by Crippen LogP contribution is -2.30. The number of carbonyl (C=O) groups is 2. The van der Waals surface area contributed by atoms with Crippen LogP contribution in [-0.4, -0.2) is 31.0 Å². The summed E-state index contributed by atoms with van der Waals surface area (Å²) in [4.78, 5) is 24.0. The number of anilines is 2. The van der Waals surface area contributed by atoms with Gasteiger partial charge >= 0.3 is 0 Å². The molecule has 0 atom stereocenters. The summed E-state index contributed by atoms with van der Waals surface area (Å²) < 4.78 is 5.53. The molecule has 0 aliphatic carbocycles. The van der Waals surface area contributed by atoms with Gasteiger partial charge in [-0.25, -0.2) is 0 Å². The van der Waals surface area contributed by atoms with Gasteiger partial charge in [0.05, 0.1) is 13.2 Å². The van der Waals surface area contributed by atoms with E-state index in [2.05, 4.69) is 22.9 Å². The number of carbonyl (C=O) groups excluding carboxylic acids is 2. The van der Waals surface area contributed by atoms with Crippen molar-refractivity contribution in [3.05, 3.63) is 54.1 Å². The van der Waals surface area contributed by atoms with E-state index in [4.69, 9.17) is 4.74 Å². The third-order valence-corrected chi connectivity index (χ3v) is 3.63. The molecule has 0 unspecified atom stereocenters. The third kappa shape index (κ3) is 7.01. The van der Waals surface area contributed by atoms with Crippen LogP contribution in [0.3, 0.4) is 0 Å². The SMILES string of the molecule is CCCOc1ccc(NCC(=O)Nc2ccc(C(=O)NC(C)C)cc2)cc1. The second-order valence-electron chi connectivity index (χ2n) is 6.48. The normalized spacial score (nSPS) is 10.4. The summed E-state index contributed by atoms with van der Waals surface area (Å²) in [6, 6.07) is 14.4. The molecule has 2 aromatic carbocycles. The fourth-order valence-electron chi connectivity index (χ4n) is 2.33. The van der Waals surface area contributed by atoms with E-state index in [9.17, 15) is 9.59 Å². The number of hydrogen-bond donors (Lipinski definition) is 3. The van der Waals surface area contributed by atoms with Gasteiger partial charge in [-0.15, -0.1) is 0 Å². The van der Waals surface area contributed by atoms with Crippen LogP contribution in [0.5, 0.6) is 5.75 Å². The lowest BCUT2D eigenvalue weighted by atomic mass is 10.2. The molecule has 6 heteroatoms. The van der Waals surface area contributed by atoms with Gasteiger partial charge in [0.1, 0.15) is 5.75 Å². The molecule has 2 rings (SSSR count). The van der Waals surface area contributed by atoms with E-state index in [1.54, 1.807) is 24.3 Å². The molecular weight excluding hydrogens is 342 g/mol. The Bertz CT molecular complexity index is 740. The summed E-state index contributed by atoms with van der Waals surface area (Å²) >= 11 is 0. The summed E-state index contributed by atoms with van der Waals surface area (Å²) in [6.07, 6.45) is 0.962. The molecule has 6 nitrogen and oxygen atoms in total. The molecule has 3 N–H and O–H groups in total. The van der Waals surface area contributed by atoms with Crippen LogP contribution in [0.15, 0.2) is 48.5 Å². The Balaban J connectivity index is 1.80. The molecule has 0 radical (unpaired) electrons. The number of amides is 2. The third-order valence-electron chi connectivity index (χ3n) is 3.63. The van der Waals surface area contributed by atoms with Crippen LogP contribution in [0.1, 0.15) is 37.6 Å². The van der Waals surface area contributed by atoms with E-state index >= 15 is 0 Å². The standard InChI is InChI=1S/C21H27N3O3/c1-4-13-27-19-11-9-17(10-12-19)22-14-20(25)24-18-7-5-16(6-8-18)21(26)23-15(2)3/h5-12,15,22H,4,13-14H2,1-3H3,(H,23,26)(H,24,25). The lowest BCUT2D eigenvalue weighted by Gasteiger charge is -2.10. The highest BCUT2D eigenvalue weighted by molar-refractivity contribution is 5.96. The summed E-state index contributed by atoms with van der Waals surface area (Å²) in [5.74, 6) is 0.519. The zero-order valence-corrected chi connectivity index (χ0v) is 16.0. The van der Waals surface area contributed by atoms with Gasteiger partial charge < -0.3 is 20.7 Å². The van der Waals surface area contributed by atoms with E-state index < -0.39 is 0 Å². The summed E-state index contributed by atoms with van der Waals surface area (Å²) in [6.45, 7) is 6.71. The largest absolute Gasteiger partial charge is 0.494 e. The number of hydrogen-bond acceptors (Lipinski definition) is 4. The van der Waals surface area contributed by atoms with Gasteiger partial charge in [-0.2, -0.15) is 0 Å². The maximum absolute atomic E-state index is 12.1. The van der Waals surface area contributed by atoms with E-state index in [-0.39, 0.29) is 24.4 Å². The minimum absolute atomic E-state index is 0.0789. The maximum Gasteiger partial charge on any atom is 0.251 e. The highest BCUT2D eigenvalue weighted by Gasteiger charge is 2.08. The van der Waals surface area contributed by atoms with E-state index in [0.717, 1.165) is 17.9 Å². The van der Waals surface area contributed by atoms with Crippen LogP contribution in [-0.2, 0) is 4.79 Å². The molecule has 0 saturated heterocycles. The fourth-order valence-corrected chi connectivity index (χ4v) is 2.33. The molecule has 2 aromatic rings. The number of benzene rings is 2. The molecule has 144 valence electrons. The summed E-state index contributed by atoms with van der Waals surface area (Å²) in [7, 11) is 0. The number of ether oxygens (including phenoxy) is 1. The van der Waals surface area contributed by atoms with Crippen LogP contribution in [0.25, 0.3) is 0 Å². The quantitative estimate of drug-likeness (QED) is 0.630. The minimum Gasteiger partial charge on any atom is -0.494 e. The van der Waals surface area contributed by atoms with Crippen LogP contribution < -0.4 is 20.7 Å². The van der Waals surface area contributed by atoms with Crippen molar-refractivity contribution in [2.24, 2.45) is 0 Å². The maximum atomic E-state index is 12.1. The molecule has 0 bridgehead atoms. The van der Waals surface area contributed by atoms with Gasteiger partial charge in [0.15, 0.2) is 0 Å². The van der Waals surface area contributed by atoms with Crippen molar-refractivity contribution in [1.82, 2.24) is 5.32 Å². The van der Waals surface area contributed by atoms with Crippen LogP contribution in [0, 0.1) is 0 Å². The van der Waals surface area contributed by atoms with Gasteiger partial charge in [0.2, 0.25) is 5.91 Å². The van der Waals surface area contributed by atoms with E-state index in [1.165, 1.54) is 0 Å². The molecule has 0 aliphatic heterocycles. The second kappa shape index (κ2) is 10.2. The van der Waals surface area contributed by atoms with E-state index in [0.29, 0.717) is 17.9 Å². The molecule has 2 amide bonds. The molecule has 0 heterocycles. The Morgan fingerprint density at radius 2 is 1.59 bits per heavy atom. The zero-order chi connectivity index (χ0) is 19.6. The Morgan fingerprint density at radius 1 is 0.963 bits per heavy atom. The zero-order valence-electron chi connectivity index (χ0n) is 16.0. The van der Waals surface area contributed by atoms with Crippen molar-refractivity contribution in [1.29, 1.82) is 0 Å². The smallest absolute Gasteiger partial charge is 0.251 e. The Hall–Kier alpha value is -3.02. The van der Waals surface area contributed by atoms with Crippen LogP contribution >= 0.6 is 0 Å². The Kier molecular flexibility index (Phi) is 7.67. The van der Waals surface area contributed by atoms with Crippen molar-refractivity contribution in [2.75, 3.05) is 23.8 Å². The molecule has 0 fully saturated rings. The van der Waals surface area contributed by atoms with Crippen molar-refractivity contribution in [2.45, 2.75) is 33.2 Å². The molecule has 27 heavy (non-hydrogen) atoms. The predicted molar refractivity (Wildman–Crippen MR) is 108 cm³/mol. The number of nitrogens with one attached hydrogen (secondary N) is 3. The fraction of sp³-hybridized carbons (Fsp3) is 0.333. The van der Waals surface area contributed by atoms with Crippen molar-refractivity contribution >= 4 is 23.2 Å². The van der Waals surface area contributed by atoms with Crippen molar-refractivity contribution in [3.63, 3.8) is 0 Å². The second-order valence-corrected chi connectivity index (χ2v) is 6.48. The highest BCUT2D eigenvalue weighted by Crippen LogP contribution is 2.16. The highest BCUT2D eigenvalue weighted by atomic mass is 16.5. The van der Waals surface area contributed by atoms with Crippen LogP contribution in [0.4, 0.5) is 11.4 Å². The first-order valence-corrected chi connectivity index (χ1v) is 9.15. The molecule has 0 aliphatic rings. The molecular formula is C21H27N3O3.